The van der Waals surface area contributed by atoms with Crippen LogP contribution >= 0.6 is 0 Å². The lowest BCUT2D eigenvalue weighted by Crippen LogP contribution is -2.29. The Kier molecular flexibility index (Phi) is 7.50. The van der Waals surface area contributed by atoms with Crippen molar-refractivity contribution < 1.29 is 31.9 Å². The Morgan fingerprint density at radius 1 is 0.848 bits per heavy atom. The number of anilines is 2. The fourth-order valence-electron chi connectivity index (χ4n) is 2.85. The van der Waals surface area contributed by atoms with E-state index in [4.69, 9.17) is 4.74 Å². The molecule has 0 bridgehead atoms. The Bertz CT molecular complexity index is 1120. The van der Waals surface area contributed by atoms with E-state index < -0.39 is 30.1 Å². The largest absolute Gasteiger partial charge is 0.484 e. The van der Waals surface area contributed by atoms with Gasteiger partial charge in [-0.25, -0.2) is 9.18 Å². The van der Waals surface area contributed by atoms with E-state index in [1.807, 2.05) is 6.07 Å². The molecule has 0 aliphatic rings. The Labute approximate surface area is 186 Å². The van der Waals surface area contributed by atoms with Crippen LogP contribution < -0.4 is 20.7 Å². The maximum absolute atomic E-state index is 13.2. The number of carbonyl (C=O) groups excluding carboxylic acids is 2. The molecule has 0 saturated carbocycles. The first-order chi connectivity index (χ1) is 15.7. The number of hydrogen-bond acceptors (Lipinski definition) is 3. The number of carbonyl (C=O) groups is 2. The van der Waals surface area contributed by atoms with Gasteiger partial charge in [-0.2, -0.15) is 13.2 Å². The van der Waals surface area contributed by atoms with Crippen LogP contribution in [0.5, 0.6) is 5.75 Å². The molecule has 0 aliphatic carbocycles. The van der Waals surface area contributed by atoms with E-state index in [0.29, 0.717) is 23.2 Å². The van der Waals surface area contributed by atoms with Crippen molar-refractivity contribution in [3.05, 3.63) is 89.7 Å². The van der Waals surface area contributed by atoms with Gasteiger partial charge in [0, 0.05) is 24.0 Å². The molecule has 0 fully saturated rings. The molecule has 0 saturated heterocycles. The predicted octanol–water partition coefficient (Wildman–Crippen LogP) is 5.18. The summed E-state index contributed by atoms with van der Waals surface area (Å²) >= 11 is 0. The van der Waals surface area contributed by atoms with E-state index in [-0.39, 0.29) is 18.1 Å². The molecule has 3 aromatic carbocycles. The van der Waals surface area contributed by atoms with E-state index in [9.17, 15) is 27.2 Å². The van der Waals surface area contributed by atoms with Crippen LogP contribution in [0.3, 0.4) is 0 Å². The van der Waals surface area contributed by atoms with Crippen LogP contribution in [0.15, 0.2) is 72.8 Å². The van der Waals surface area contributed by atoms with Gasteiger partial charge in [-0.15, -0.1) is 0 Å². The number of halogens is 4. The summed E-state index contributed by atoms with van der Waals surface area (Å²) in [6.07, 6.45) is -4.76. The van der Waals surface area contributed by atoms with Crippen LogP contribution in [0.4, 0.5) is 33.7 Å². The number of para-hydroxylation sites is 1. The Morgan fingerprint density at radius 2 is 1.58 bits per heavy atom. The number of rotatable bonds is 7. The molecule has 0 atom stereocenters. The van der Waals surface area contributed by atoms with E-state index in [0.717, 1.165) is 12.1 Å². The maximum Gasteiger partial charge on any atom is 0.416 e. The van der Waals surface area contributed by atoms with E-state index in [1.54, 1.807) is 36.4 Å². The van der Waals surface area contributed by atoms with Crippen molar-refractivity contribution in [2.24, 2.45) is 0 Å². The van der Waals surface area contributed by atoms with Crippen molar-refractivity contribution in [1.82, 2.24) is 5.32 Å². The number of hydrogen-bond donors (Lipinski definition) is 3. The van der Waals surface area contributed by atoms with Gasteiger partial charge in [-0.3, -0.25) is 4.79 Å². The normalized spacial score (nSPS) is 10.9. The van der Waals surface area contributed by atoms with Gasteiger partial charge in [0.25, 0.3) is 5.91 Å². The minimum Gasteiger partial charge on any atom is -0.484 e. The number of ether oxygens (including phenoxy) is 1. The maximum atomic E-state index is 13.2. The molecule has 0 unspecified atom stereocenters. The average molecular weight is 461 g/mol. The summed E-state index contributed by atoms with van der Waals surface area (Å²) in [7, 11) is 0. The lowest BCUT2D eigenvalue weighted by Gasteiger charge is -2.14. The molecular formula is C23H19F4N3O3. The van der Waals surface area contributed by atoms with E-state index in [2.05, 4.69) is 16.0 Å². The first-order valence-electron chi connectivity index (χ1n) is 9.69. The van der Waals surface area contributed by atoms with Gasteiger partial charge >= 0.3 is 12.2 Å². The van der Waals surface area contributed by atoms with Crippen LogP contribution in [0, 0.1) is 5.82 Å². The number of amides is 3. The smallest absolute Gasteiger partial charge is 0.416 e. The highest BCUT2D eigenvalue weighted by Crippen LogP contribution is 2.32. The molecule has 0 radical (unpaired) electrons. The number of alkyl halides is 3. The SMILES string of the molecule is O=C(COc1cccc(NC(=O)NCc2ccc(F)cc2C(F)(F)F)c1)Nc1ccccc1. The van der Waals surface area contributed by atoms with Crippen molar-refractivity contribution in [2.45, 2.75) is 12.7 Å². The van der Waals surface area contributed by atoms with Crippen molar-refractivity contribution in [3.63, 3.8) is 0 Å². The number of nitrogens with one attached hydrogen (secondary N) is 3. The zero-order valence-corrected chi connectivity index (χ0v) is 17.1. The van der Waals surface area contributed by atoms with Crippen LogP contribution in [0.1, 0.15) is 11.1 Å². The van der Waals surface area contributed by atoms with Gasteiger partial charge in [-0.1, -0.05) is 30.3 Å². The second-order valence-corrected chi connectivity index (χ2v) is 6.84. The minimum absolute atomic E-state index is 0.269. The molecular weight excluding hydrogens is 442 g/mol. The van der Waals surface area contributed by atoms with Crippen molar-refractivity contribution in [3.8, 4) is 5.75 Å². The molecule has 0 aromatic heterocycles. The standard InChI is InChI=1S/C23H19F4N3O3/c24-16-10-9-15(20(11-16)23(25,26)27)13-28-22(32)30-18-7-4-8-19(12-18)33-14-21(31)29-17-5-2-1-3-6-17/h1-12H,13-14H2,(H,29,31)(H2,28,30,32). The fraction of sp³-hybridized carbons (Fsp3) is 0.130. The topological polar surface area (TPSA) is 79.5 Å². The second-order valence-electron chi connectivity index (χ2n) is 6.84. The van der Waals surface area contributed by atoms with E-state index >= 15 is 0 Å². The Morgan fingerprint density at radius 3 is 2.30 bits per heavy atom. The summed E-state index contributed by atoms with van der Waals surface area (Å²) in [6, 6.07) is 16.4. The van der Waals surface area contributed by atoms with Gasteiger partial charge in [-0.05, 0) is 42.0 Å². The van der Waals surface area contributed by atoms with Gasteiger partial charge in [0.05, 0.1) is 5.56 Å². The molecule has 0 heterocycles. The molecule has 6 nitrogen and oxygen atoms in total. The van der Waals surface area contributed by atoms with Crippen LogP contribution in [-0.4, -0.2) is 18.5 Å². The van der Waals surface area contributed by atoms with Crippen LogP contribution in [0.25, 0.3) is 0 Å². The molecule has 33 heavy (non-hydrogen) atoms. The summed E-state index contributed by atoms with van der Waals surface area (Å²) in [5.41, 5.74) is -0.524. The first-order valence-corrected chi connectivity index (χ1v) is 9.69. The summed E-state index contributed by atoms with van der Waals surface area (Å²) < 4.78 is 57.8. The monoisotopic (exact) mass is 461 g/mol. The quantitative estimate of drug-likeness (QED) is 0.424. The molecule has 3 amide bonds. The van der Waals surface area contributed by atoms with Gasteiger partial charge < -0.3 is 20.7 Å². The Balaban J connectivity index is 1.53. The lowest BCUT2D eigenvalue weighted by atomic mass is 10.1. The van der Waals surface area contributed by atoms with Crippen LogP contribution in [0.2, 0.25) is 0 Å². The molecule has 172 valence electrons. The highest BCUT2D eigenvalue weighted by molar-refractivity contribution is 5.92. The summed E-state index contributed by atoms with van der Waals surface area (Å²) in [5, 5.41) is 7.43. The third-order valence-electron chi connectivity index (χ3n) is 4.34. The highest BCUT2D eigenvalue weighted by Gasteiger charge is 2.33. The Hall–Kier alpha value is -4.08. The molecule has 3 rings (SSSR count). The first kappa shape index (κ1) is 23.6. The molecule has 10 heteroatoms. The number of benzene rings is 3. The van der Waals surface area contributed by atoms with Crippen molar-refractivity contribution >= 4 is 23.3 Å². The summed E-state index contributed by atoms with van der Waals surface area (Å²) in [6.45, 7) is -0.730. The van der Waals surface area contributed by atoms with E-state index in [1.165, 1.54) is 12.1 Å². The van der Waals surface area contributed by atoms with Gasteiger partial charge in [0.15, 0.2) is 6.61 Å². The molecule has 3 N–H and O–H groups in total. The van der Waals surface area contributed by atoms with Gasteiger partial charge in [0.1, 0.15) is 11.6 Å². The third kappa shape index (κ3) is 7.23. The number of urea groups is 1. The highest BCUT2D eigenvalue weighted by atomic mass is 19.4. The summed E-state index contributed by atoms with van der Waals surface area (Å²) in [5.74, 6) is -1.10. The minimum atomic E-state index is -4.76. The zero-order valence-electron chi connectivity index (χ0n) is 17.1. The zero-order chi connectivity index (χ0) is 23.8. The second kappa shape index (κ2) is 10.5. The summed E-state index contributed by atoms with van der Waals surface area (Å²) in [4.78, 5) is 24.1. The average Bonchev–Trinajstić information content (AvgIpc) is 2.77. The van der Waals surface area contributed by atoms with Crippen LogP contribution in [-0.2, 0) is 17.5 Å². The molecule has 3 aromatic rings. The van der Waals surface area contributed by atoms with Crippen molar-refractivity contribution in [2.75, 3.05) is 17.2 Å². The lowest BCUT2D eigenvalue weighted by molar-refractivity contribution is -0.138. The predicted molar refractivity (Wildman–Crippen MR) is 114 cm³/mol. The molecule has 0 spiro atoms. The van der Waals surface area contributed by atoms with Gasteiger partial charge in [0.2, 0.25) is 0 Å². The van der Waals surface area contributed by atoms with Crippen molar-refractivity contribution in [1.29, 1.82) is 0 Å². The fourth-order valence-corrected chi connectivity index (χ4v) is 2.85. The molecule has 0 aliphatic heterocycles. The third-order valence-corrected chi connectivity index (χ3v) is 4.34.